The Morgan fingerprint density at radius 3 is 2.48 bits per heavy atom. The normalized spacial score (nSPS) is 11.7. The molecule has 0 aliphatic heterocycles. The molecule has 1 amide bonds. The number of hydrogen-bond acceptors (Lipinski definition) is 2. The summed E-state index contributed by atoms with van der Waals surface area (Å²) in [5, 5.41) is 4.82. The molecule has 0 aromatic heterocycles. The third kappa shape index (κ3) is 5.38. The highest BCUT2D eigenvalue weighted by atomic mass is 19.4. The van der Waals surface area contributed by atoms with Crippen LogP contribution in [0.15, 0.2) is 18.2 Å². The third-order valence-corrected chi connectivity index (χ3v) is 2.69. The van der Waals surface area contributed by atoms with Gasteiger partial charge < -0.3 is 10.6 Å². The lowest BCUT2D eigenvalue weighted by Crippen LogP contribution is -2.42. The molecule has 0 bridgehead atoms. The second-order valence-electron chi connectivity index (χ2n) is 5.24. The van der Waals surface area contributed by atoms with Crippen LogP contribution < -0.4 is 10.6 Å². The van der Waals surface area contributed by atoms with Crippen LogP contribution in [0.5, 0.6) is 0 Å². The fraction of sp³-hybridized carbons (Fsp3) is 0.400. The molecular weight excluding hydrogens is 281 g/mol. The summed E-state index contributed by atoms with van der Waals surface area (Å²) in [6.07, 6.45) is 0.923. The van der Waals surface area contributed by atoms with Crippen LogP contribution >= 0.6 is 0 Å². The summed E-state index contributed by atoms with van der Waals surface area (Å²) >= 11 is 0. The first-order chi connectivity index (χ1) is 9.54. The minimum Gasteiger partial charge on any atom is -0.376 e. The van der Waals surface area contributed by atoms with E-state index in [2.05, 4.69) is 16.6 Å². The largest absolute Gasteiger partial charge is 0.405 e. The molecule has 0 aliphatic rings. The van der Waals surface area contributed by atoms with Crippen molar-refractivity contribution in [3.05, 3.63) is 29.3 Å². The number of aryl methyl sites for hydroxylation is 1. The standard InChI is InChI=1S/C15H17F3N2O/c1-5-14(3,4)20-13(21)11-8-10(2)6-7-12(11)19-9-15(16,17)18/h1,6-8,19H,9H2,2-4H3,(H,20,21). The van der Waals surface area contributed by atoms with Crippen molar-refractivity contribution in [2.24, 2.45) is 0 Å². The number of carbonyl (C=O) groups excluding carboxylic acids is 1. The Hall–Kier alpha value is -2.16. The van der Waals surface area contributed by atoms with Crippen LogP contribution in [0.3, 0.4) is 0 Å². The first-order valence-electron chi connectivity index (χ1n) is 6.25. The van der Waals surface area contributed by atoms with Gasteiger partial charge in [0.25, 0.3) is 5.91 Å². The average Bonchev–Trinajstić information content (AvgIpc) is 2.35. The molecular formula is C15H17F3N2O. The number of hydrogen-bond donors (Lipinski definition) is 2. The van der Waals surface area contributed by atoms with E-state index < -0.39 is 24.2 Å². The van der Waals surface area contributed by atoms with Crippen LogP contribution in [0.1, 0.15) is 29.8 Å². The van der Waals surface area contributed by atoms with Crippen molar-refractivity contribution in [3.63, 3.8) is 0 Å². The number of anilines is 1. The number of carbonyl (C=O) groups is 1. The van der Waals surface area contributed by atoms with Crippen LogP contribution in [-0.2, 0) is 0 Å². The van der Waals surface area contributed by atoms with Crippen molar-refractivity contribution in [2.45, 2.75) is 32.5 Å². The topological polar surface area (TPSA) is 41.1 Å². The van der Waals surface area contributed by atoms with E-state index in [9.17, 15) is 18.0 Å². The zero-order chi connectivity index (χ0) is 16.3. The van der Waals surface area contributed by atoms with Crippen molar-refractivity contribution < 1.29 is 18.0 Å². The maximum Gasteiger partial charge on any atom is 0.405 e. The smallest absolute Gasteiger partial charge is 0.376 e. The molecule has 0 atom stereocenters. The summed E-state index contributed by atoms with van der Waals surface area (Å²) in [7, 11) is 0. The minimum absolute atomic E-state index is 0.114. The molecule has 0 aliphatic carbocycles. The van der Waals surface area contributed by atoms with Crippen molar-refractivity contribution >= 4 is 11.6 Å². The van der Waals surface area contributed by atoms with Crippen molar-refractivity contribution in [1.29, 1.82) is 0 Å². The Labute approximate surface area is 121 Å². The number of halogens is 3. The van der Waals surface area contributed by atoms with E-state index in [1.165, 1.54) is 12.1 Å². The van der Waals surface area contributed by atoms with Gasteiger partial charge in [0.15, 0.2) is 0 Å². The van der Waals surface area contributed by atoms with Crippen LogP contribution in [0, 0.1) is 19.3 Å². The summed E-state index contributed by atoms with van der Waals surface area (Å²) in [4.78, 5) is 12.2. The summed E-state index contributed by atoms with van der Waals surface area (Å²) < 4.78 is 36.9. The first kappa shape index (κ1) is 16.9. The molecule has 114 valence electrons. The number of nitrogens with one attached hydrogen (secondary N) is 2. The molecule has 0 fully saturated rings. The zero-order valence-corrected chi connectivity index (χ0v) is 12.1. The Kier molecular flexibility index (Phi) is 4.89. The summed E-state index contributed by atoms with van der Waals surface area (Å²) in [5.74, 6) is 1.88. The van der Waals surface area contributed by atoms with Gasteiger partial charge in [0.05, 0.1) is 11.1 Å². The lowest BCUT2D eigenvalue weighted by Gasteiger charge is -2.21. The second kappa shape index (κ2) is 6.08. The van der Waals surface area contributed by atoms with Crippen molar-refractivity contribution in [1.82, 2.24) is 5.32 Å². The van der Waals surface area contributed by atoms with E-state index >= 15 is 0 Å². The number of amides is 1. The van der Waals surface area contributed by atoms with Crippen LogP contribution in [0.4, 0.5) is 18.9 Å². The molecule has 21 heavy (non-hydrogen) atoms. The van der Waals surface area contributed by atoms with Gasteiger partial charge in [-0.05, 0) is 32.9 Å². The average molecular weight is 298 g/mol. The Bertz CT molecular complexity index is 571. The zero-order valence-electron chi connectivity index (χ0n) is 12.1. The number of terminal acetylenes is 1. The van der Waals surface area contributed by atoms with Gasteiger partial charge >= 0.3 is 6.18 Å². The highest BCUT2D eigenvalue weighted by molar-refractivity contribution is 6.00. The molecule has 3 nitrogen and oxygen atoms in total. The Balaban J connectivity index is 3.02. The number of alkyl halides is 3. The van der Waals surface area contributed by atoms with E-state index in [0.29, 0.717) is 0 Å². The lowest BCUT2D eigenvalue weighted by atomic mass is 10.0. The highest BCUT2D eigenvalue weighted by Crippen LogP contribution is 2.21. The Morgan fingerprint density at radius 2 is 1.95 bits per heavy atom. The lowest BCUT2D eigenvalue weighted by molar-refractivity contribution is -0.115. The molecule has 2 N–H and O–H groups in total. The van der Waals surface area contributed by atoms with E-state index in [0.717, 1.165) is 5.56 Å². The molecule has 1 aromatic carbocycles. The first-order valence-corrected chi connectivity index (χ1v) is 6.25. The molecule has 1 rings (SSSR count). The molecule has 1 aromatic rings. The number of benzene rings is 1. The van der Waals surface area contributed by atoms with Gasteiger partial charge in [-0.25, -0.2) is 0 Å². The summed E-state index contributed by atoms with van der Waals surface area (Å²) in [6, 6.07) is 4.58. The molecule has 0 unspecified atom stereocenters. The van der Waals surface area contributed by atoms with Gasteiger partial charge in [0, 0.05) is 5.69 Å². The van der Waals surface area contributed by atoms with Crippen LogP contribution in [0.25, 0.3) is 0 Å². The second-order valence-corrected chi connectivity index (χ2v) is 5.24. The quantitative estimate of drug-likeness (QED) is 0.839. The Morgan fingerprint density at radius 1 is 1.33 bits per heavy atom. The monoisotopic (exact) mass is 298 g/mol. The molecule has 0 saturated carbocycles. The van der Waals surface area contributed by atoms with Crippen molar-refractivity contribution in [2.75, 3.05) is 11.9 Å². The predicted molar refractivity (Wildman–Crippen MR) is 76.1 cm³/mol. The summed E-state index contributed by atoms with van der Waals surface area (Å²) in [6.45, 7) is 3.79. The number of rotatable bonds is 4. The summed E-state index contributed by atoms with van der Waals surface area (Å²) in [5.41, 5.74) is 0.115. The van der Waals surface area contributed by atoms with Gasteiger partial charge in [-0.1, -0.05) is 17.6 Å². The van der Waals surface area contributed by atoms with Gasteiger partial charge in [-0.15, -0.1) is 6.42 Å². The van der Waals surface area contributed by atoms with Crippen LogP contribution in [-0.4, -0.2) is 24.2 Å². The van der Waals surface area contributed by atoms with Gasteiger partial charge in [-0.3, -0.25) is 4.79 Å². The van der Waals surface area contributed by atoms with Crippen molar-refractivity contribution in [3.8, 4) is 12.3 Å². The highest BCUT2D eigenvalue weighted by Gasteiger charge is 2.28. The van der Waals surface area contributed by atoms with Gasteiger partial charge in [0.2, 0.25) is 0 Å². The molecule has 6 heteroatoms. The predicted octanol–water partition coefficient (Wildman–Crippen LogP) is 3.11. The van der Waals surface area contributed by atoms with E-state index in [1.54, 1.807) is 26.8 Å². The fourth-order valence-electron chi connectivity index (χ4n) is 1.58. The van der Waals surface area contributed by atoms with E-state index in [4.69, 9.17) is 6.42 Å². The third-order valence-electron chi connectivity index (χ3n) is 2.69. The molecule has 0 heterocycles. The SMILES string of the molecule is C#CC(C)(C)NC(=O)c1cc(C)ccc1NCC(F)(F)F. The van der Waals surface area contributed by atoms with Gasteiger partial charge in [0.1, 0.15) is 6.54 Å². The fourth-order valence-corrected chi connectivity index (χ4v) is 1.58. The maximum atomic E-state index is 12.3. The maximum absolute atomic E-state index is 12.3. The van der Waals surface area contributed by atoms with Gasteiger partial charge in [-0.2, -0.15) is 13.2 Å². The van der Waals surface area contributed by atoms with Crippen LogP contribution in [0.2, 0.25) is 0 Å². The van der Waals surface area contributed by atoms with E-state index in [1.807, 2.05) is 0 Å². The molecule has 0 spiro atoms. The van der Waals surface area contributed by atoms with E-state index in [-0.39, 0.29) is 11.3 Å². The molecule has 0 radical (unpaired) electrons. The molecule has 0 saturated heterocycles. The minimum atomic E-state index is -4.36.